The number of aromatic nitrogens is 1. The summed E-state index contributed by atoms with van der Waals surface area (Å²) in [7, 11) is -3.67. The van der Waals surface area contributed by atoms with Gasteiger partial charge in [0.15, 0.2) is 0 Å². The van der Waals surface area contributed by atoms with E-state index in [-0.39, 0.29) is 21.9 Å². The summed E-state index contributed by atoms with van der Waals surface area (Å²) in [5.74, 6) is 0.119. The number of rotatable bonds is 4. The van der Waals surface area contributed by atoms with Crippen molar-refractivity contribution in [2.45, 2.75) is 69.2 Å². The molecule has 0 spiro atoms. The van der Waals surface area contributed by atoms with Crippen LogP contribution in [0.4, 0.5) is 0 Å². The number of carbonyl (C=O) groups excluding carboxylic acids is 1. The van der Waals surface area contributed by atoms with Crippen molar-refractivity contribution >= 4 is 26.8 Å². The first-order chi connectivity index (χ1) is 14.9. The van der Waals surface area contributed by atoms with Gasteiger partial charge in [-0.2, -0.15) is 4.31 Å². The fourth-order valence-corrected chi connectivity index (χ4v) is 6.08. The van der Waals surface area contributed by atoms with Gasteiger partial charge >= 0.3 is 0 Å². The third-order valence-corrected chi connectivity index (χ3v) is 8.56. The van der Waals surface area contributed by atoms with Gasteiger partial charge in [0, 0.05) is 36.2 Å². The first-order valence-electron chi connectivity index (χ1n) is 11.3. The third kappa shape index (κ3) is 4.70. The fraction of sp³-hybridized carbons (Fsp3) is 0.565. The van der Waals surface area contributed by atoms with Crippen molar-refractivity contribution in [2.24, 2.45) is 5.92 Å². The van der Waals surface area contributed by atoms with Gasteiger partial charge in [0.25, 0.3) is 5.91 Å². The average Bonchev–Trinajstić information content (AvgIpc) is 3.02. The van der Waals surface area contributed by atoms with Crippen LogP contribution in [0.3, 0.4) is 0 Å². The van der Waals surface area contributed by atoms with E-state index in [1.165, 1.54) is 35.5 Å². The number of piperidine rings is 1. The highest BCUT2D eigenvalue weighted by Crippen LogP contribution is 2.25. The number of nitrogens with one attached hydrogen (secondary N) is 2. The van der Waals surface area contributed by atoms with Gasteiger partial charge in [-0.15, -0.1) is 0 Å². The predicted octanol–water partition coefficient (Wildman–Crippen LogP) is 3.40. The molecule has 8 heteroatoms. The Labute approximate surface area is 183 Å². The Morgan fingerprint density at radius 2 is 1.74 bits per heavy atom. The van der Waals surface area contributed by atoms with Crippen molar-refractivity contribution < 1.29 is 13.2 Å². The summed E-state index contributed by atoms with van der Waals surface area (Å²) < 4.78 is 27.7. The molecule has 0 unspecified atom stereocenters. The number of sulfonamides is 1. The molecule has 7 nitrogen and oxygen atoms in total. The molecule has 0 atom stereocenters. The normalized spacial score (nSPS) is 19.9. The van der Waals surface area contributed by atoms with Crippen molar-refractivity contribution in [3.8, 4) is 0 Å². The summed E-state index contributed by atoms with van der Waals surface area (Å²) >= 11 is 0. The SMILES string of the molecule is CC1CCN(S(=O)(=O)c2ccc3[nH]cc(C(=O)NC4CCCCCC4)c(=O)c3c2)CC1. The van der Waals surface area contributed by atoms with Gasteiger partial charge in [0.1, 0.15) is 5.56 Å². The van der Waals surface area contributed by atoms with Crippen LogP contribution in [-0.2, 0) is 10.0 Å². The van der Waals surface area contributed by atoms with Crippen molar-refractivity contribution in [2.75, 3.05) is 13.1 Å². The standard InChI is InChI=1S/C23H31N3O4S/c1-16-10-12-26(13-11-16)31(29,30)18-8-9-21-19(14-18)22(27)20(15-24-21)23(28)25-17-6-4-2-3-5-7-17/h8-9,14-17H,2-7,10-13H2,1H3,(H,24,27)(H,25,28). The highest BCUT2D eigenvalue weighted by molar-refractivity contribution is 7.89. The molecule has 1 amide bonds. The molecule has 2 N–H and O–H groups in total. The summed E-state index contributed by atoms with van der Waals surface area (Å²) in [6.07, 6.45) is 9.45. The van der Waals surface area contributed by atoms with E-state index in [2.05, 4.69) is 17.2 Å². The molecule has 4 rings (SSSR count). The fourth-order valence-electron chi connectivity index (χ4n) is 4.59. The zero-order chi connectivity index (χ0) is 22.0. The monoisotopic (exact) mass is 445 g/mol. The van der Waals surface area contributed by atoms with Crippen LogP contribution in [0.1, 0.15) is 68.6 Å². The van der Waals surface area contributed by atoms with Crippen LogP contribution in [0.25, 0.3) is 10.9 Å². The zero-order valence-corrected chi connectivity index (χ0v) is 18.8. The molecular weight excluding hydrogens is 414 g/mol. The van der Waals surface area contributed by atoms with Crippen LogP contribution >= 0.6 is 0 Å². The van der Waals surface area contributed by atoms with E-state index in [1.54, 1.807) is 6.07 Å². The molecule has 1 saturated heterocycles. The maximum absolute atomic E-state index is 13.1. The predicted molar refractivity (Wildman–Crippen MR) is 121 cm³/mol. The summed E-state index contributed by atoms with van der Waals surface area (Å²) in [6, 6.07) is 4.61. The molecule has 1 aliphatic carbocycles. The molecular formula is C23H31N3O4S. The lowest BCUT2D eigenvalue weighted by Gasteiger charge is -2.29. The van der Waals surface area contributed by atoms with Crippen LogP contribution in [0.2, 0.25) is 0 Å². The van der Waals surface area contributed by atoms with Gasteiger partial charge < -0.3 is 10.3 Å². The number of H-pyrrole nitrogens is 1. The molecule has 1 aromatic heterocycles. The van der Waals surface area contributed by atoms with E-state index in [4.69, 9.17) is 0 Å². The van der Waals surface area contributed by atoms with Crippen LogP contribution in [0.5, 0.6) is 0 Å². The van der Waals surface area contributed by atoms with Gasteiger partial charge in [-0.25, -0.2) is 8.42 Å². The van der Waals surface area contributed by atoms with Gasteiger partial charge in [-0.3, -0.25) is 9.59 Å². The lowest BCUT2D eigenvalue weighted by molar-refractivity contribution is 0.0932. The highest BCUT2D eigenvalue weighted by Gasteiger charge is 2.28. The Kier molecular flexibility index (Phi) is 6.48. The molecule has 0 bridgehead atoms. The van der Waals surface area contributed by atoms with E-state index >= 15 is 0 Å². The first-order valence-corrected chi connectivity index (χ1v) is 12.8. The Balaban J connectivity index is 1.62. The Hall–Kier alpha value is -2.19. The Morgan fingerprint density at radius 1 is 1.06 bits per heavy atom. The minimum absolute atomic E-state index is 0.0260. The summed E-state index contributed by atoms with van der Waals surface area (Å²) in [5.41, 5.74) is 0.101. The van der Waals surface area contributed by atoms with Gasteiger partial charge in [0.05, 0.1) is 4.90 Å². The minimum atomic E-state index is -3.67. The summed E-state index contributed by atoms with van der Waals surface area (Å²) in [6.45, 7) is 3.10. The molecule has 1 saturated carbocycles. The van der Waals surface area contributed by atoms with Gasteiger partial charge in [-0.05, 0) is 49.8 Å². The number of pyridine rings is 1. The minimum Gasteiger partial charge on any atom is -0.360 e. The molecule has 0 radical (unpaired) electrons. The topological polar surface area (TPSA) is 99.3 Å². The second kappa shape index (κ2) is 9.12. The number of nitrogens with zero attached hydrogens (tertiary/aromatic N) is 1. The van der Waals surface area contributed by atoms with Crippen LogP contribution in [0, 0.1) is 5.92 Å². The lowest BCUT2D eigenvalue weighted by atomic mass is 10.0. The quantitative estimate of drug-likeness (QED) is 0.705. The average molecular weight is 446 g/mol. The number of amides is 1. The molecule has 1 aromatic carbocycles. The van der Waals surface area contributed by atoms with Crippen molar-refractivity contribution in [1.29, 1.82) is 0 Å². The van der Waals surface area contributed by atoms with E-state index in [0.717, 1.165) is 38.5 Å². The largest absolute Gasteiger partial charge is 0.360 e. The first kappa shape index (κ1) is 22.0. The van der Waals surface area contributed by atoms with Crippen molar-refractivity contribution in [1.82, 2.24) is 14.6 Å². The van der Waals surface area contributed by atoms with Crippen LogP contribution < -0.4 is 10.7 Å². The maximum atomic E-state index is 13.1. The molecule has 1 aliphatic heterocycles. The molecule has 31 heavy (non-hydrogen) atoms. The Morgan fingerprint density at radius 3 is 2.42 bits per heavy atom. The van der Waals surface area contributed by atoms with E-state index in [1.807, 2.05) is 0 Å². The molecule has 2 aliphatic rings. The number of carbonyl (C=O) groups is 1. The van der Waals surface area contributed by atoms with Gasteiger partial charge in [-0.1, -0.05) is 32.6 Å². The van der Waals surface area contributed by atoms with Crippen LogP contribution in [0.15, 0.2) is 34.1 Å². The number of benzene rings is 1. The van der Waals surface area contributed by atoms with Gasteiger partial charge in [0.2, 0.25) is 15.5 Å². The lowest BCUT2D eigenvalue weighted by Crippen LogP contribution is -2.38. The summed E-state index contributed by atoms with van der Waals surface area (Å²) in [5, 5.41) is 3.22. The second-order valence-corrected chi connectivity index (χ2v) is 10.9. The molecule has 2 aromatic rings. The number of fused-ring (bicyclic) bond motifs is 1. The highest BCUT2D eigenvalue weighted by atomic mass is 32.2. The van der Waals surface area contributed by atoms with E-state index in [9.17, 15) is 18.0 Å². The third-order valence-electron chi connectivity index (χ3n) is 6.67. The molecule has 168 valence electrons. The summed E-state index contributed by atoms with van der Waals surface area (Å²) in [4.78, 5) is 29.0. The van der Waals surface area contributed by atoms with E-state index in [0.29, 0.717) is 24.5 Å². The number of hydrogen-bond acceptors (Lipinski definition) is 4. The second-order valence-electron chi connectivity index (χ2n) is 8.99. The zero-order valence-electron chi connectivity index (χ0n) is 18.0. The maximum Gasteiger partial charge on any atom is 0.256 e. The van der Waals surface area contributed by atoms with Crippen LogP contribution in [-0.4, -0.2) is 42.7 Å². The van der Waals surface area contributed by atoms with Crippen molar-refractivity contribution in [3.05, 3.63) is 40.2 Å². The number of aromatic amines is 1. The number of hydrogen-bond donors (Lipinski definition) is 2. The molecule has 2 fully saturated rings. The smallest absolute Gasteiger partial charge is 0.256 e. The van der Waals surface area contributed by atoms with Crippen molar-refractivity contribution in [3.63, 3.8) is 0 Å². The van der Waals surface area contributed by atoms with E-state index < -0.39 is 21.4 Å². The Bertz CT molecular complexity index is 1110. The molecule has 2 heterocycles.